The average Bonchev–Trinajstić information content (AvgIpc) is 2.05. The zero-order chi connectivity index (χ0) is 6.81. The van der Waals surface area contributed by atoms with Crippen LogP contribution in [0.2, 0.25) is 0 Å². The molecule has 1 aromatic carbocycles. The van der Waals surface area contributed by atoms with E-state index >= 15 is 0 Å². The van der Waals surface area contributed by atoms with Crippen LogP contribution < -0.4 is 0 Å². The first-order chi connectivity index (χ1) is 4.97. The molecule has 0 amide bonds. The largest absolute Gasteiger partial charge is 0.256 e. The molecule has 0 unspecified atom stereocenters. The van der Waals surface area contributed by atoms with Gasteiger partial charge in [-0.1, -0.05) is 24.3 Å². The summed E-state index contributed by atoms with van der Waals surface area (Å²) in [6, 6.07) is 12.1. The fraction of sp³-hybridized carbons (Fsp3) is 0. The van der Waals surface area contributed by atoms with Crippen LogP contribution in [0, 0.1) is 0 Å². The van der Waals surface area contributed by atoms with E-state index in [0.29, 0.717) is 0 Å². The number of benzene rings is 1. The van der Waals surface area contributed by atoms with Gasteiger partial charge >= 0.3 is 0 Å². The Hall–Kier alpha value is -0.370. The monoisotopic (exact) mass is 246 g/mol. The maximum Gasteiger partial charge on any atom is 0.0701 e. The van der Waals surface area contributed by atoms with Gasteiger partial charge in [0.1, 0.15) is 0 Å². The minimum atomic E-state index is 0. The maximum atomic E-state index is 4.18. The van der Waals surface area contributed by atoms with Crippen LogP contribution >= 0.6 is 0 Å². The molecule has 2 aromatic rings. The first-order valence-electron chi connectivity index (χ1n) is 3.26. The molecule has 3 heteroatoms. The summed E-state index contributed by atoms with van der Waals surface area (Å²) in [4.78, 5) is 4.18. The Labute approximate surface area is 91.7 Å². The van der Waals surface area contributed by atoms with E-state index in [1.54, 1.807) is 0 Å². The minimum absolute atomic E-state index is 0. The van der Waals surface area contributed by atoms with Crippen LogP contribution in [0.5, 0.6) is 0 Å². The molecular formula is C9H7CoNNi. The molecule has 1 aromatic heterocycles. The number of aromatic nitrogens is 1. The van der Waals surface area contributed by atoms with Crippen molar-refractivity contribution in [2.24, 2.45) is 0 Å². The molecule has 0 aliphatic heterocycles. The van der Waals surface area contributed by atoms with Crippen molar-refractivity contribution in [3.63, 3.8) is 0 Å². The molecule has 0 bridgehead atoms. The van der Waals surface area contributed by atoms with Crippen LogP contribution in [0.1, 0.15) is 0 Å². The van der Waals surface area contributed by atoms with Crippen LogP contribution in [0.4, 0.5) is 0 Å². The van der Waals surface area contributed by atoms with Gasteiger partial charge in [0, 0.05) is 44.9 Å². The van der Waals surface area contributed by atoms with Crippen LogP contribution in [-0.4, -0.2) is 4.98 Å². The third kappa shape index (κ3) is 2.31. The molecule has 12 heavy (non-hydrogen) atoms. The van der Waals surface area contributed by atoms with Gasteiger partial charge in [-0.05, 0) is 12.1 Å². The van der Waals surface area contributed by atoms with E-state index in [0.717, 1.165) is 5.52 Å². The van der Waals surface area contributed by atoms with Gasteiger partial charge in [-0.15, -0.1) is 0 Å². The number of pyridine rings is 1. The first kappa shape index (κ1) is 11.6. The Bertz CT molecular complexity index is 286. The smallest absolute Gasteiger partial charge is 0.0701 e. The quantitative estimate of drug-likeness (QED) is 0.650. The van der Waals surface area contributed by atoms with E-state index in [9.17, 15) is 0 Å². The van der Waals surface area contributed by atoms with Gasteiger partial charge in [-0.25, -0.2) is 0 Å². The standard InChI is InChI=1S/C9H7N.Co.Ni/c1-2-6-9-8(4-1)5-3-7-10-9;;/h1-7H;;. The molecule has 0 saturated carbocycles. The topological polar surface area (TPSA) is 12.9 Å². The van der Waals surface area contributed by atoms with Gasteiger partial charge in [-0.2, -0.15) is 0 Å². The zero-order valence-corrected chi connectivity index (χ0v) is 8.17. The predicted octanol–water partition coefficient (Wildman–Crippen LogP) is 2.23. The molecule has 1 nitrogen and oxygen atoms in total. The Morgan fingerprint density at radius 1 is 0.917 bits per heavy atom. The van der Waals surface area contributed by atoms with E-state index in [-0.39, 0.29) is 33.3 Å². The SMILES string of the molecule is [Co].[Ni].c1ccc2ncccc2c1. The van der Waals surface area contributed by atoms with Gasteiger partial charge in [-0.3, -0.25) is 4.98 Å². The van der Waals surface area contributed by atoms with E-state index in [1.165, 1.54) is 5.39 Å². The number of hydrogen-bond acceptors (Lipinski definition) is 1. The summed E-state index contributed by atoms with van der Waals surface area (Å²) in [5.41, 5.74) is 1.06. The summed E-state index contributed by atoms with van der Waals surface area (Å²) in [6.45, 7) is 0. The van der Waals surface area contributed by atoms with Gasteiger partial charge in [0.2, 0.25) is 0 Å². The normalized spacial score (nSPS) is 8.33. The predicted molar refractivity (Wildman–Crippen MR) is 41.7 cm³/mol. The second kappa shape index (κ2) is 5.31. The second-order valence-corrected chi connectivity index (χ2v) is 2.20. The molecule has 2 rings (SSSR count). The van der Waals surface area contributed by atoms with Crippen molar-refractivity contribution in [1.29, 1.82) is 0 Å². The second-order valence-electron chi connectivity index (χ2n) is 2.20. The van der Waals surface area contributed by atoms with Gasteiger partial charge < -0.3 is 0 Å². The zero-order valence-electron chi connectivity index (χ0n) is 6.14. The number of nitrogens with zero attached hydrogens (tertiary/aromatic N) is 1. The van der Waals surface area contributed by atoms with Gasteiger partial charge in [0.25, 0.3) is 0 Å². The van der Waals surface area contributed by atoms with Crippen molar-refractivity contribution < 1.29 is 33.3 Å². The van der Waals surface area contributed by atoms with E-state index in [1.807, 2.05) is 30.5 Å². The van der Waals surface area contributed by atoms with Crippen molar-refractivity contribution in [3.05, 3.63) is 42.6 Å². The van der Waals surface area contributed by atoms with Crippen molar-refractivity contribution in [1.82, 2.24) is 4.98 Å². The van der Waals surface area contributed by atoms with Crippen molar-refractivity contribution >= 4 is 10.9 Å². The summed E-state index contributed by atoms with van der Waals surface area (Å²) < 4.78 is 0. The first-order valence-corrected chi connectivity index (χ1v) is 3.26. The Balaban J connectivity index is 0.000000605. The summed E-state index contributed by atoms with van der Waals surface area (Å²) in [5, 5.41) is 1.20. The summed E-state index contributed by atoms with van der Waals surface area (Å²) in [7, 11) is 0. The maximum absolute atomic E-state index is 4.18. The molecular weight excluding hydrogens is 240 g/mol. The molecule has 67 valence electrons. The molecule has 0 saturated heterocycles. The molecule has 0 fully saturated rings. The molecule has 1 heterocycles. The van der Waals surface area contributed by atoms with Crippen LogP contribution in [0.25, 0.3) is 10.9 Å². The summed E-state index contributed by atoms with van der Waals surface area (Å²) in [5.74, 6) is 0. The average molecular weight is 247 g/mol. The number of rotatable bonds is 0. The number of para-hydroxylation sites is 1. The fourth-order valence-electron chi connectivity index (χ4n) is 1.02. The van der Waals surface area contributed by atoms with Crippen LogP contribution in [0.15, 0.2) is 42.6 Å². The van der Waals surface area contributed by atoms with Gasteiger partial charge in [0.05, 0.1) is 5.52 Å². The fourth-order valence-corrected chi connectivity index (χ4v) is 1.02. The molecule has 0 spiro atoms. The van der Waals surface area contributed by atoms with Crippen molar-refractivity contribution in [2.45, 2.75) is 0 Å². The van der Waals surface area contributed by atoms with Crippen molar-refractivity contribution in [2.75, 3.05) is 0 Å². The third-order valence-corrected chi connectivity index (χ3v) is 1.51. The molecule has 0 aliphatic rings. The number of fused-ring (bicyclic) bond motifs is 1. The Kier molecular flexibility index (Phi) is 5.14. The molecule has 0 aliphatic carbocycles. The molecule has 0 N–H and O–H groups in total. The molecule has 0 atom stereocenters. The minimum Gasteiger partial charge on any atom is -0.256 e. The summed E-state index contributed by atoms with van der Waals surface area (Å²) in [6.07, 6.45) is 1.81. The Morgan fingerprint density at radius 2 is 1.58 bits per heavy atom. The van der Waals surface area contributed by atoms with E-state index < -0.39 is 0 Å². The van der Waals surface area contributed by atoms with Crippen molar-refractivity contribution in [3.8, 4) is 0 Å². The van der Waals surface area contributed by atoms with E-state index in [2.05, 4.69) is 17.1 Å². The van der Waals surface area contributed by atoms with Gasteiger partial charge in [0.15, 0.2) is 0 Å². The molecule has 1 radical (unpaired) electrons. The third-order valence-electron chi connectivity index (χ3n) is 1.51. The number of hydrogen-bond donors (Lipinski definition) is 0. The van der Waals surface area contributed by atoms with E-state index in [4.69, 9.17) is 0 Å². The van der Waals surface area contributed by atoms with Crippen LogP contribution in [-0.2, 0) is 33.3 Å². The summed E-state index contributed by atoms with van der Waals surface area (Å²) >= 11 is 0. The van der Waals surface area contributed by atoms with Crippen LogP contribution in [0.3, 0.4) is 0 Å². The Morgan fingerprint density at radius 3 is 2.33 bits per heavy atom.